The molecule has 1 aromatic rings. The quantitative estimate of drug-likeness (QED) is 0.589. The van der Waals surface area contributed by atoms with Gasteiger partial charge in [-0.15, -0.1) is 0 Å². The molecule has 0 bridgehead atoms. The summed E-state index contributed by atoms with van der Waals surface area (Å²) in [5.74, 6) is 0.0980. The second kappa shape index (κ2) is 9.35. The Morgan fingerprint density at radius 2 is 2.17 bits per heavy atom. The molecule has 1 amide bonds. The van der Waals surface area contributed by atoms with Gasteiger partial charge in [-0.2, -0.15) is 10.3 Å². The van der Waals surface area contributed by atoms with Gasteiger partial charge in [0.15, 0.2) is 5.70 Å². The van der Waals surface area contributed by atoms with E-state index in [-0.39, 0.29) is 24.9 Å². The molecule has 1 aromatic carbocycles. The molecule has 29 heavy (non-hydrogen) atoms. The lowest BCUT2D eigenvalue weighted by atomic mass is 9.88. The van der Waals surface area contributed by atoms with Gasteiger partial charge in [-0.05, 0) is 18.4 Å². The van der Waals surface area contributed by atoms with Crippen molar-refractivity contribution < 1.29 is 26.8 Å². The normalized spacial score (nSPS) is 25.0. The first kappa shape index (κ1) is 21.2. The minimum absolute atomic E-state index is 0. The van der Waals surface area contributed by atoms with Crippen LogP contribution in [0.15, 0.2) is 64.1 Å². The summed E-state index contributed by atoms with van der Waals surface area (Å²) in [4.78, 5) is 23.9. The van der Waals surface area contributed by atoms with Crippen molar-refractivity contribution >= 4 is 33.0 Å². The highest BCUT2D eigenvalue weighted by Gasteiger charge is 2.40. The predicted octanol–water partition coefficient (Wildman–Crippen LogP) is -0.652. The molecule has 0 radical (unpaired) electrons. The number of ether oxygens (including phenoxy) is 1. The van der Waals surface area contributed by atoms with Gasteiger partial charge >= 0.3 is 6.09 Å². The van der Waals surface area contributed by atoms with Crippen LogP contribution in [-0.2, 0) is 11.3 Å². The average Bonchev–Trinajstić information content (AvgIpc) is 3.09. The lowest BCUT2D eigenvalue weighted by molar-refractivity contribution is -0.685. The predicted molar refractivity (Wildman–Crippen MR) is 107 cm³/mol. The maximum Gasteiger partial charge on any atom is 0.411 e. The van der Waals surface area contributed by atoms with E-state index in [2.05, 4.69) is 32.0 Å². The van der Waals surface area contributed by atoms with E-state index in [1.807, 2.05) is 42.7 Å². The van der Waals surface area contributed by atoms with Crippen molar-refractivity contribution in [1.29, 1.82) is 5.26 Å². The molecule has 3 heterocycles. The number of fused-ring (bicyclic) bond motifs is 1. The van der Waals surface area contributed by atoms with Crippen LogP contribution in [0.3, 0.4) is 0 Å². The summed E-state index contributed by atoms with van der Waals surface area (Å²) in [6.07, 6.45) is 6.29. The van der Waals surface area contributed by atoms with Gasteiger partial charge in [-0.25, -0.2) is 9.69 Å². The first-order chi connectivity index (χ1) is 13.7. The van der Waals surface area contributed by atoms with Crippen LogP contribution in [0.5, 0.6) is 0 Å². The third-order valence-electron chi connectivity index (χ3n) is 5.12. The summed E-state index contributed by atoms with van der Waals surface area (Å²) >= 11 is 3.51. The number of likely N-dealkylation sites (tertiary alicyclic amines) is 1. The van der Waals surface area contributed by atoms with Crippen LogP contribution in [-0.4, -0.2) is 34.5 Å². The molecule has 3 atom stereocenters. The number of nitrogens with one attached hydrogen (secondary N) is 1. The van der Waals surface area contributed by atoms with E-state index in [9.17, 15) is 10.1 Å². The van der Waals surface area contributed by atoms with Crippen LogP contribution >= 0.6 is 15.9 Å². The number of amides is 1. The summed E-state index contributed by atoms with van der Waals surface area (Å²) in [7, 11) is 0. The van der Waals surface area contributed by atoms with E-state index in [4.69, 9.17) is 4.74 Å². The van der Waals surface area contributed by atoms with Crippen LogP contribution < -0.4 is 17.3 Å². The number of carbonyl (C=O) groups is 1. The van der Waals surface area contributed by atoms with Crippen LogP contribution in [0.2, 0.25) is 0 Å². The zero-order valence-electron chi connectivity index (χ0n) is 15.5. The van der Waals surface area contributed by atoms with Crippen molar-refractivity contribution in [2.75, 3.05) is 6.54 Å². The van der Waals surface area contributed by atoms with E-state index in [1.54, 1.807) is 6.20 Å². The number of aliphatic imine (C=N–C) groups is 2. The molecule has 3 aliphatic rings. The van der Waals surface area contributed by atoms with Crippen molar-refractivity contribution in [2.45, 2.75) is 25.5 Å². The molecule has 9 heteroatoms. The lowest BCUT2D eigenvalue weighted by Gasteiger charge is -2.34. The number of nitriles is 1. The molecule has 3 unspecified atom stereocenters. The number of rotatable bonds is 3. The van der Waals surface area contributed by atoms with Gasteiger partial charge in [0.05, 0.1) is 18.5 Å². The fourth-order valence-corrected chi connectivity index (χ4v) is 4.21. The van der Waals surface area contributed by atoms with Crippen LogP contribution in [0, 0.1) is 17.2 Å². The Morgan fingerprint density at radius 3 is 2.93 bits per heavy atom. The van der Waals surface area contributed by atoms with E-state index in [1.165, 1.54) is 4.90 Å². The molecule has 0 spiro atoms. The Kier molecular flexibility index (Phi) is 6.85. The summed E-state index contributed by atoms with van der Waals surface area (Å²) in [6.45, 7) is 0.661. The SMILES string of the molecule is N#CC1CC(C2=C3C=NC=C[NH+]3C(Br)=N2)CCN1C(=O)OCc1ccccc1.[Cl-]. The fraction of sp³-hybridized carbons (Fsp3) is 0.300. The largest absolute Gasteiger partial charge is 1.00 e. The molecule has 4 rings (SSSR count). The van der Waals surface area contributed by atoms with Crippen molar-refractivity contribution in [3.05, 3.63) is 59.7 Å². The lowest BCUT2D eigenvalue weighted by Crippen LogP contribution is -3.07. The van der Waals surface area contributed by atoms with Gasteiger partial charge in [0.25, 0.3) is 4.74 Å². The molecule has 3 aliphatic heterocycles. The second-order valence-corrected chi connectivity index (χ2v) is 7.56. The molecule has 7 nitrogen and oxygen atoms in total. The number of allylic oxidation sites excluding steroid dienone is 2. The summed E-state index contributed by atoms with van der Waals surface area (Å²) < 4.78 is 6.21. The van der Waals surface area contributed by atoms with Gasteiger partial charge < -0.3 is 17.1 Å². The van der Waals surface area contributed by atoms with Gasteiger partial charge in [0.2, 0.25) is 0 Å². The molecule has 0 aromatic heterocycles. The van der Waals surface area contributed by atoms with Crippen LogP contribution in [0.25, 0.3) is 0 Å². The van der Waals surface area contributed by atoms with E-state index < -0.39 is 12.1 Å². The number of nitrogens with zero attached hydrogens (tertiary/aromatic N) is 4. The third-order valence-corrected chi connectivity index (χ3v) is 5.72. The summed E-state index contributed by atoms with van der Waals surface area (Å²) in [6, 6.07) is 11.2. The number of carbonyl (C=O) groups excluding carboxylic acids is 1. The molecule has 1 fully saturated rings. The smallest absolute Gasteiger partial charge is 0.411 e. The topological polar surface area (TPSA) is 82.5 Å². The number of quaternary nitrogens is 1. The maximum atomic E-state index is 12.5. The number of hydrogen-bond donors (Lipinski definition) is 1. The number of halogens is 2. The average molecular weight is 477 g/mol. The highest BCUT2D eigenvalue weighted by molar-refractivity contribution is 9.18. The molecule has 150 valence electrons. The summed E-state index contributed by atoms with van der Waals surface area (Å²) in [5, 5.41) is 9.64. The molecule has 1 saturated heterocycles. The fourth-order valence-electron chi connectivity index (χ4n) is 3.67. The summed E-state index contributed by atoms with van der Waals surface area (Å²) in [5.41, 5.74) is 2.85. The van der Waals surface area contributed by atoms with Gasteiger partial charge in [0, 0.05) is 28.4 Å². The van der Waals surface area contributed by atoms with Crippen LogP contribution in [0.1, 0.15) is 18.4 Å². The first-order valence-corrected chi connectivity index (χ1v) is 9.89. The van der Waals surface area contributed by atoms with Gasteiger partial charge in [0.1, 0.15) is 24.5 Å². The Bertz CT molecular complexity index is 938. The maximum absolute atomic E-state index is 12.5. The molecule has 0 saturated carbocycles. The Labute approximate surface area is 183 Å². The van der Waals surface area contributed by atoms with E-state index in [0.29, 0.717) is 13.0 Å². The Morgan fingerprint density at radius 1 is 1.38 bits per heavy atom. The van der Waals surface area contributed by atoms with Gasteiger partial charge in [-0.3, -0.25) is 9.89 Å². The first-order valence-electron chi connectivity index (χ1n) is 9.10. The molecule has 1 N–H and O–H groups in total. The van der Waals surface area contributed by atoms with Crippen LogP contribution in [0.4, 0.5) is 4.79 Å². The number of hydrogen-bond acceptors (Lipinski definition) is 5. The minimum Gasteiger partial charge on any atom is -1.00 e. The Hall–Kier alpha value is -2.47. The van der Waals surface area contributed by atoms with E-state index in [0.717, 1.165) is 33.0 Å². The zero-order valence-corrected chi connectivity index (χ0v) is 17.8. The number of amidine groups is 1. The molecular weight excluding hydrogens is 458 g/mol. The Balaban J connectivity index is 0.00000240. The number of piperidine rings is 1. The third kappa shape index (κ3) is 4.42. The van der Waals surface area contributed by atoms with Gasteiger partial charge in [-0.1, -0.05) is 30.3 Å². The van der Waals surface area contributed by atoms with Crippen molar-refractivity contribution in [2.24, 2.45) is 15.9 Å². The molecular formula is C20H19BrClN5O2. The highest BCUT2D eigenvalue weighted by atomic mass is 79.9. The second-order valence-electron chi connectivity index (χ2n) is 6.81. The zero-order chi connectivity index (χ0) is 19.5. The standard InChI is InChI=1S/C20H18BrN5O2.ClH/c21-19-24-18(17-12-23-7-9-26(17)19)15-6-8-25(16(10-15)11-22)20(27)28-13-14-4-2-1-3-5-14;/h1-5,7,9,12,15-16H,6,8,10,13H2;1H. The molecule has 0 aliphatic carbocycles. The van der Waals surface area contributed by atoms with Crippen molar-refractivity contribution in [3.63, 3.8) is 0 Å². The monoisotopic (exact) mass is 475 g/mol. The van der Waals surface area contributed by atoms with Crippen molar-refractivity contribution in [3.8, 4) is 6.07 Å². The van der Waals surface area contributed by atoms with E-state index >= 15 is 0 Å². The number of benzene rings is 1. The highest BCUT2D eigenvalue weighted by Crippen LogP contribution is 2.32. The van der Waals surface area contributed by atoms with Crippen molar-refractivity contribution in [1.82, 2.24) is 4.90 Å². The minimum atomic E-state index is -0.538.